The Morgan fingerprint density at radius 3 is 1.76 bits per heavy atom. The highest BCUT2D eigenvalue weighted by atomic mass is 35.5. The lowest BCUT2D eigenvalue weighted by Crippen LogP contribution is -2.42. The largest absolute Gasteiger partial charge is 0.497 e. The number of hydrogen-bond donors (Lipinski definition) is 0. The highest BCUT2D eigenvalue weighted by Gasteiger charge is 2.45. The second-order valence-electron chi connectivity index (χ2n) is 9.56. The van der Waals surface area contributed by atoms with Crippen molar-refractivity contribution in [2.75, 3.05) is 28.4 Å². The van der Waals surface area contributed by atoms with Crippen LogP contribution in [0.15, 0.2) is 65.1 Å². The summed E-state index contributed by atoms with van der Waals surface area (Å²) in [5.41, 5.74) is 1.88. The summed E-state index contributed by atoms with van der Waals surface area (Å²) in [4.78, 5) is 0. The number of halogens is 1. The molecule has 0 bridgehead atoms. The van der Waals surface area contributed by atoms with Crippen molar-refractivity contribution in [1.82, 2.24) is 14.5 Å². The van der Waals surface area contributed by atoms with Gasteiger partial charge in [0.2, 0.25) is 21.8 Å². The lowest BCUT2D eigenvalue weighted by Gasteiger charge is -2.31. The van der Waals surface area contributed by atoms with Gasteiger partial charge in [-0.3, -0.25) is 0 Å². The maximum Gasteiger partial charge on any atom is 0.247 e. The predicted molar refractivity (Wildman–Crippen MR) is 155 cm³/mol. The molecule has 41 heavy (non-hydrogen) atoms. The Bertz CT molecular complexity index is 1550. The molecule has 4 aromatic rings. The van der Waals surface area contributed by atoms with Gasteiger partial charge in [-0.25, -0.2) is 8.42 Å². The SMILES string of the molecule is COc1ccc(CN(Cc2ccc(OC)cc2OC)S(=O)(=O)C(C)(C)c2nnc(-c3ccc(Cl)cc3)o2)c(OC)c1. The molecule has 0 aliphatic rings. The van der Waals surface area contributed by atoms with Crippen LogP contribution in [-0.2, 0) is 27.9 Å². The monoisotopic (exact) mass is 601 g/mol. The lowest BCUT2D eigenvalue weighted by atomic mass is 10.1. The van der Waals surface area contributed by atoms with Crippen LogP contribution in [0.4, 0.5) is 0 Å². The fourth-order valence-electron chi connectivity index (χ4n) is 4.18. The molecule has 3 aromatic carbocycles. The van der Waals surface area contributed by atoms with Crippen LogP contribution in [0.1, 0.15) is 30.9 Å². The van der Waals surface area contributed by atoms with Crippen LogP contribution < -0.4 is 18.9 Å². The number of nitrogens with zero attached hydrogens (tertiary/aromatic N) is 3. The fraction of sp³-hybridized carbons (Fsp3) is 0.310. The zero-order valence-electron chi connectivity index (χ0n) is 23.7. The van der Waals surface area contributed by atoms with E-state index in [0.717, 1.165) is 0 Å². The molecule has 4 rings (SSSR count). The average molecular weight is 602 g/mol. The first kappa shape index (κ1) is 30.2. The predicted octanol–water partition coefficient (Wildman–Crippen LogP) is 5.69. The Labute approximate surface area is 244 Å². The standard InChI is InChI=1S/C29H32ClN3O7S/c1-29(2,28-32-31-27(40-28)19-7-11-22(30)12-8-19)41(34,35)33(17-20-9-13-23(36-3)15-25(20)38-5)18-21-10-14-24(37-4)16-26(21)39-6/h7-16H,17-18H2,1-6H3. The smallest absolute Gasteiger partial charge is 0.247 e. The van der Waals surface area contributed by atoms with E-state index in [9.17, 15) is 8.42 Å². The van der Waals surface area contributed by atoms with Gasteiger partial charge in [0.05, 0.1) is 28.4 Å². The van der Waals surface area contributed by atoms with Gasteiger partial charge in [0.1, 0.15) is 23.0 Å². The highest BCUT2D eigenvalue weighted by Crippen LogP contribution is 2.37. The van der Waals surface area contributed by atoms with Crippen molar-refractivity contribution in [3.05, 3.63) is 82.7 Å². The van der Waals surface area contributed by atoms with E-state index in [2.05, 4.69) is 10.2 Å². The van der Waals surface area contributed by atoms with Crippen molar-refractivity contribution < 1.29 is 31.8 Å². The van der Waals surface area contributed by atoms with Gasteiger partial charge in [-0.2, -0.15) is 4.31 Å². The zero-order valence-corrected chi connectivity index (χ0v) is 25.2. The van der Waals surface area contributed by atoms with Crippen LogP contribution in [0.3, 0.4) is 0 Å². The minimum atomic E-state index is -4.16. The number of aromatic nitrogens is 2. The number of ether oxygens (including phenoxy) is 4. The number of benzene rings is 3. The molecule has 0 N–H and O–H groups in total. The molecule has 12 heteroatoms. The van der Waals surface area contributed by atoms with E-state index in [1.165, 1.54) is 32.4 Å². The third kappa shape index (κ3) is 6.27. The van der Waals surface area contributed by atoms with E-state index in [4.69, 9.17) is 35.0 Å². The summed E-state index contributed by atoms with van der Waals surface area (Å²) in [6.07, 6.45) is 0. The summed E-state index contributed by atoms with van der Waals surface area (Å²) in [5, 5.41) is 8.78. The van der Waals surface area contributed by atoms with E-state index >= 15 is 0 Å². The summed E-state index contributed by atoms with van der Waals surface area (Å²) in [6, 6.07) is 17.3. The third-order valence-corrected chi connectivity index (χ3v) is 9.35. The molecule has 218 valence electrons. The van der Waals surface area contributed by atoms with Crippen LogP contribution in [0.2, 0.25) is 5.02 Å². The quantitative estimate of drug-likeness (QED) is 0.202. The third-order valence-electron chi connectivity index (χ3n) is 6.70. The molecule has 0 atom stereocenters. The number of methoxy groups -OCH3 is 4. The molecule has 1 heterocycles. The lowest BCUT2D eigenvalue weighted by molar-refractivity contribution is 0.341. The van der Waals surface area contributed by atoms with Crippen LogP contribution >= 0.6 is 11.6 Å². The molecule has 0 spiro atoms. The van der Waals surface area contributed by atoms with E-state index < -0.39 is 14.8 Å². The van der Waals surface area contributed by atoms with Gasteiger partial charge in [0, 0.05) is 46.9 Å². The maximum absolute atomic E-state index is 14.4. The summed E-state index contributed by atoms with van der Waals surface area (Å²) in [5.74, 6) is 2.24. The molecule has 0 aliphatic carbocycles. The second kappa shape index (κ2) is 12.4. The fourth-order valence-corrected chi connectivity index (χ4v) is 5.87. The van der Waals surface area contributed by atoms with Gasteiger partial charge < -0.3 is 23.4 Å². The molecule has 10 nitrogen and oxygen atoms in total. The van der Waals surface area contributed by atoms with Crippen LogP contribution in [0, 0.1) is 0 Å². The van der Waals surface area contributed by atoms with Gasteiger partial charge in [-0.05, 0) is 50.2 Å². The van der Waals surface area contributed by atoms with Crippen LogP contribution in [-0.4, -0.2) is 51.4 Å². The van der Waals surface area contributed by atoms with Crippen LogP contribution in [0.25, 0.3) is 11.5 Å². The normalized spacial score (nSPS) is 11.9. The molecule has 0 radical (unpaired) electrons. The summed E-state index contributed by atoms with van der Waals surface area (Å²) in [7, 11) is 1.97. The Kier molecular flexibility index (Phi) is 9.11. The molecule has 0 saturated carbocycles. The van der Waals surface area contributed by atoms with Crippen molar-refractivity contribution in [3.8, 4) is 34.5 Å². The van der Waals surface area contributed by atoms with Crippen molar-refractivity contribution in [3.63, 3.8) is 0 Å². The van der Waals surface area contributed by atoms with E-state index in [-0.39, 0.29) is 24.9 Å². The summed E-state index contributed by atoms with van der Waals surface area (Å²) < 4.78 is 56.3. The van der Waals surface area contributed by atoms with E-state index in [1.54, 1.807) is 74.9 Å². The Morgan fingerprint density at radius 1 is 0.780 bits per heavy atom. The molecular weight excluding hydrogens is 570 g/mol. The number of sulfonamides is 1. The van der Waals surface area contributed by atoms with Crippen molar-refractivity contribution in [1.29, 1.82) is 0 Å². The minimum Gasteiger partial charge on any atom is -0.497 e. The maximum atomic E-state index is 14.4. The van der Waals surface area contributed by atoms with Crippen molar-refractivity contribution >= 4 is 21.6 Å². The van der Waals surface area contributed by atoms with Crippen molar-refractivity contribution in [2.45, 2.75) is 31.7 Å². The van der Waals surface area contributed by atoms with Gasteiger partial charge >= 0.3 is 0 Å². The second-order valence-corrected chi connectivity index (χ2v) is 12.5. The molecule has 0 aliphatic heterocycles. The molecule has 0 unspecified atom stereocenters. The summed E-state index contributed by atoms with van der Waals surface area (Å²) >= 11 is 6.00. The number of rotatable bonds is 12. The first-order valence-corrected chi connectivity index (χ1v) is 14.4. The Morgan fingerprint density at radius 2 is 1.29 bits per heavy atom. The van der Waals surface area contributed by atoms with Crippen molar-refractivity contribution in [2.24, 2.45) is 0 Å². The topological polar surface area (TPSA) is 113 Å². The van der Waals surface area contributed by atoms with Gasteiger partial charge in [0.15, 0.2) is 4.75 Å². The first-order chi connectivity index (χ1) is 19.5. The molecular formula is C29H32ClN3O7S. The first-order valence-electron chi connectivity index (χ1n) is 12.6. The Hall–Kier alpha value is -3.80. The van der Waals surface area contributed by atoms with E-state index in [0.29, 0.717) is 44.7 Å². The van der Waals surface area contributed by atoms with Gasteiger partial charge in [-0.15, -0.1) is 10.2 Å². The van der Waals surface area contributed by atoms with E-state index in [1.807, 2.05) is 0 Å². The minimum absolute atomic E-state index is 0.0215. The molecule has 0 saturated heterocycles. The summed E-state index contributed by atoms with van der Waals surface area (Å²) in [6.45, 7) is 3.02. The van der Waals surface area contributed by atoms with Gasteiger partial charge in [0.25, 0.3) is 0 Å². The Balaban J connectivity index is 1.77. The average Bonchev–Trinajstić information content (AvgIpc) is 3.48. The number of hydrogen-bond acceptors (Lipinski definition) is 9. The molecule has 0 fully saturated rings. The molecule has 1 aromatic heterocycles. The van der Waals surface area contributed by atoms with Gasteiger partial charge in [-0.1, -0.05) is 23.7 Å². The highest BCUT2D eigenvalue weighted by molar-refractivity contribution is 7.90. The molecule has 0 amide bonds. The van der Waals surface area contributed by atoms with Crippen LogP contribution in [0.5, 0.6) is 23.0 Å². The zero-order chi connectivity index (χ0) is 29.8.